The van der Waals surface area contributed by atoms with Crippen LogP contribution in [0.15, 0.2) is 82.8 Å². The van der Waals surface area contributed by atoms with Gasteiger partial charge in [-0.05, 0) is 42.3 Å². The second-order valence-corrected chi connectivity index (χ2v) is 9.22. The monoisotopic (exact) mass is 408 g/mol. The molecular weight excluding hydrogens is 392 g/mol. The van der Waals surface area contributed by atoms with E-state index >= 15 is 0 Å². The molecule has 0 fully saturated rings. The molecule has 4 rings (SSSR count). The molecule has 0 unspecified atom stereocenters. The number of benzene rings is 2. The van der Waals surface area contributed by atoms with Crippen molar-refractivity contribution < 1.29 is 13.2 Å². The van der Waals surface area contributed by atoms with E-state index in [-0.39, 0.29) is 15.6 Å². The molecular formula is C21H16N2O3S2. The van der Waals surface area contributed by atoms with Crippen LogP contribution in [0.1, 0.15) is 21.7 Å². The summed E-state index contributed by atoms with van der Waals surface area (Å²) in [6.45, 7) is 0. The number of rotatable bonds is 6. The number of ketones is 1. The highest BCUT2D eigenvalue weighted by Gasteiger charge is 2.17. The molecule has 0 saturated carbocycles. The standard InChI is InChI=1S/C21H16N2O3S2/c24-19(20-14-18-21(27-20)23-13-12-22-18)11-8-15-6-9-17(10-7-15)28(25,26)16-4-2-1-3-5-16/h1-7,9-10,12-14H,8,11H2. The van der Waals surface area contributed by atoms with Gasteiger partial charge < -0.3 is 0 Å². The van der Waals surface area contributed by atoms with Crippen LogP contribution in [-0.4, -0.2) is 24.2 Å². The minimum Gasteiger partial charge on any atom is -0.293 e. The molecule has 0 aliphatic carbocycles. The number of aromatic nitrogens is 2. The maximum Gasteiger partial charge on any atom is 0.206 e. The van der Waals surface area contributed by atoms with E-state index in [0.717, 1.165) is 15.9 Å². The van der Waals surface area contributed by atoms with Gasteiger partial charge in [0.25, 0.3) is 0 Å². The summed E-state index contributed by atoms with van der Waals surface area (Å²) in [6, 6.07) is 16.8. The molecule has 0 amide bonds. The van der Waals surface area contributed by atoms with E-state index in [2.05, 4.69) is 9.97 Å². The zero-order valence-electron chi connectivity index (χ0n) is 14.8. The first-order chi connectivity index (χ1) is 13.5. The number of thiophene rings is 1. The van der Waals surface area contributed by atoms with Crippen LogP contribution in [0.2, 0.25) is 0 Å². The number of hydrogen-bond acceptors (Lipinski definition) is 6. The van der Waals surface area contributed by atoms with Gasteiger partial charge in [0.05, 0.1) is 14.7 Å². The second kappa shape index (κ2) is 7.61. The van der Waals surface area contributed by atoms with Crippen LogP contribution in [0, 0.1) is 0 Å². The number of carbonyl (C=O) groups is 1. The van der Waals surface area contributed by atoms with Crippen molar-refractivity contribution in [2.24, 2.45) is 0 Å². The summed E-state index contributed by atoms with van der Waals surface area (Å²) in [6.07, 6.45) is 4.10. The highest BCUT2D eigenvalue weighted by molar-refractivity contribution is 7.91. The summed E-state index contributed by atoms with van der Waals surface area (Å²) in [7, 11) is -3.52. The number of sulfone groups is 1. The van der Waals surface area contributed by atoms with E-state index in [1.54, 1.807) is 73.1 Å². The highest BCUT2D eigenvalue weighted by Crippen LogP contribution is 2.24. The highest BCUT2D eigenvalue weighted by atomic mass is 32.2. The Labute approximate surface area is 166 Å². The molecule has 0 spiro atoms. The van der Waals surface area contributed by atoms with Gasteiger partial charge in [-0.15, -0.1) is 11.3 Å². The molecule has 140 valence electrons. The van der Waals surface area contributed by atoms with Crippen LogP contribution in [0.5, 0.6) is 0 Å². The van der Waals surface area contributed by atoms with Crippen LogP contribution in [0.3, 0.4) is 0 Å². The van der Waals surface area contributed by atoms with Gasteiger partial charge in [0.2, 0.25) is 9.84 Å². The van der Waals surface area contributed by atoms with E-state index in [1.807, 2.05) is 0 Å². The molecule has 0 aliphatic rings. The van der Waals surface area contributed by atoms with E-state index in [1.165, 1.54) is 11.3 Å². The second-order valence-electron chi connectivity index (χ2n) is 6.24. The van der Waals surface area contributed by atoms with Crippen molar-refractivity contribution in [2.75, 3.05) is 0 Å². The van der Waals surface area contributed by atoms with Crippen LogP contribution in [0.4, 0.5) is 0 Å². The zero-order valence-corrected chi connectivity index (χ0v) is 16.4. The minimum atomic E-state index is -3.52. The van der Waals surface area contributed by atoms with E-state index in [4.69, 9.17) is 0 Å². The number of nitrogens with zero attached hydrogens (tertiary/aromatic N) is 2. The van der Waals surface area contributed by atoms with Gasteiger partial charge in [-0.1, -0.05) is 30.3 Å². The molecule has 4 aromatic rings. The first kappa shape index (κ1) is 18.5. The normalized spacial score (nSPS) is 11.6. The summed E-state index contributed by atoms with van der Waals surface area (Å²) in [4.78, 5) is 22.8. The molecule has 2 aromatic carbocycles. The Morgan fingerprint density at radius 3 is 2.29 bits per heavy atom. The number of carbonyl (C=O) groups excluding carboxylic acids is 1. The molecule has 0 N–H and O–H groups in total. The van der Waals surface area contributed by atoms with Crippen LogP contribution in [0.25, 0.3) is 10.3 Å². The van der Waals surface area contributed by atoms with Crippen molar-refractivity contribution in [3.63, 3.8) is 0 Å². The van der Waals surface area contributed by atoms with Gasteiger partial charge in [-0.25, -0.2) is 13.4 Å². The summed E-state index contributed by atoms with van der Waals surface area (Å²) < 4.78 is 25.2. The van der Waals surface area contributed by atoms with Gasteiger partial charge >= 0.3 is 0 Å². The van der Waals surface area contributed by atoms with Crippen molar-refractivity contribution in [1.29, 1.82) is 0 Å². The largest absolute Gasteiger partial charge is 0.293 e. The molecule has 0 atom stereocenters. The Morgan fingerprint density at radius 2 is 1.57 bits per heavy atom. The third kappa shape index (κ3) is 3.72. The Hall–Kier alpha value is -2.90. The number of Topliss-reactive ketones (excluding diaryl/α,β-unsaturated/α-hetero) is 1. The predicted molar refractivity (Wildman–Crippen MR) is 108 cm³/mol. The van der Waals surface area contributed by atoms with E-state index < -0.39 is 9.84 Å². The number of hydrogen-bond donors (Lipinski definition) is 0. The maximum absolute atomic E-state index is 12.6. The molecule has 2 aromatic heterocycles. The van der Waals surface area contributed by atoms with Gasteiger partial charge in [0.15, 0.2) is 5.78 Å². The summed E-state index contributed by atoms with van der Waals surface area (Å²) in [5.74, 6) is 0.0331. The Balaban J connectivity index is 1.45. The van der Waals surface area contributed by atoms with E-state index in [9.17, 15) is 13.2 Å². The molecule has 0 aliphatic heterocycles. The first-order valence-corrected chi connectivity index (χ1v) is 11.0. The SMILES string of the molecule is O=C(CCc1ccc(S(=O)(=O)c2ccccc2)cc1)c1cc2nccnc2s1. The molecule has 0 radical (unpaired) electrons. The van der Waals surface area contributed by atoms with Gasteiger partial charge in [-0.2, -0.15) is 0 Å². The molecule has 28 heavy (non-hydrogen) atoms. The van der Waals surface area contributed by atoms with Crippen molar-refractivity contribution in [2.45, 2.75) is 22.6 Å². The summed E-state index contributed by atoms with van der Waals surface area (Å²) in [5.41, 5.74) is 1.64. The molecule has 5 nitrogen and oxygen atoms in total. The quantitative estimate of drug-likeness (QED) is 0.444. The van der Waals surface area contributed by atoms with Crippen molar-refractivity contribution in [3.05, 3.63) is 83.5 Å². The van der Waals surface area contributed by atoms with Crippen LogP contribution < -0.4 is 0 Å². The fraction of sp³-hybridized carbons (Fsp3) is 0.0952. The lowest BCUT2D eigenvalue weighted by Gasteiger charge is -2.06. The molecule has 7 heteroatoms. The van der Waals surface area contributed by atoms with Gasteiger partial charge in [0, 0.05) is 18.8 Å². The lowest BCUT2D eigenvalue weighted by Crippen LogP contribution is -2.02. The van der Waals surface area contributed by atoms with Crippen molar-refractivity contribution in [3.8, 4) is 0 Å². The van der Waals surface area contributed by atoms with Crippen molar-refractivity contribution in [1.82, 2.24) is 9.97 Å². The molecule has 0 saturated heterocycles. The fourth-order valence-corrected chi connectivity index (χ4v) is 5.07. The Morgan fingerprint density at radius 1 is 0.893 bits per heavy atom. The average molecular weight is 409 g/mol. The third-order valence-electron chi connectivity index (χ3n) is 4.37. The minimum absolute atomic E-state index is 0.0331. The van der Waals surface area contributed by atoms with Crippen LogP contribution >= 0.6 is 11.3 Å². The predicted octanol–water partition coefficient (Wildman–Crippen LogP) is 4.34. The van der Waals surface area contributed by atoms with Crippen LogP contribution in [-0.2, 0) is 16.3 Å². The summed E-state index contributed by atoms with van der Waals surface area (Å²) >= 11 is 1.34. The number of fused-ring (bicyclic) bond motifs is 1. The van der Waals surface area contributed by atoms with E-state index in [0.29, 0.717) is 17.7 Å². The smallest absolute Gasteiger partial charge is 0.206 e. The fourth-order valence-electron chi connectivity index (χ4n) is 2.86. The van der Waals surface area contributed by atoms with Gasteiger partial charge in [-0.3, -0.25) is 9.78 Å². The van der Waals surface area contributed by atoms with Crippen molar-refractivity contribution >= 4 is 37.3 Å². The average Bonchev–Trinajstić information content (AvgIpc) is 3.17. The Kier molecular flexibility index (Phi) is 5.02. The first-order valence-electron chi connectivity index (χ1n) is 8.67. The topological polar surface area (TPSA) is 77.0 Å². The molecule has 2 heterocycles. The lowest BCUT2D eigenvalue weighted by molar-refractivity contribution is 0.0986. The summed E-state index contributed by atoms with van der Waals surface area (Å²) in [5, 5.41) is 0. The lowest BCUT2D eigenvalue weighted by atomic mass is 10.1. The Bertz CT molecular complexity index is 1200. The third-order valence-corrected chi connectivity index (χ3v) is 7.23. The molecule has 0 bridgehead atoms. The zero-order chi connectivity index (χ0) is 19.6. The number of aryl methyl sites for hydroxylation is 1. The van der Waals surface area contributed by atoms with Gasteiger partial charge in [0.1, 0.15) is 10.3 Å². The maximum atomic E-state index is 12.6.